The van der Waals surface area contributed by atoms with Crippen molar-refractivity contribution in [3.8, 4) is 11.5 Å². The fraction of sp³-hybridized carbons (Fsp3) is 0.360. The molecule has 1 aromatic heterocycles. The summed E-state index contributed by atoms with van der Waals surface area (Å²) in [6.07, 6.45) is 2.15. The molecule has 176 valence electrons. The second-order valence-electron chi connectivity index (χ2n) is 9.29. The molecule has 1 saturated heterocycles. The van der Waals surface area contributed by atoms with Gasteiger partial charge in [-0.2, -0.15) is 0 Å². The van der Waals surface area contributed by atoms with Crippen LogP contribution >= 0.6 is 0 Å². The number of hydrogen-bond acceptors (Lipinski definition) is 8. The molecular weight excluding hydrogens is 452 g/mol. The van der Waals surface area contributed by atoms with E-state index in [-0.39, 0.29) is 9.92 Å². The Hall–Kier alpha value is -3.17. The molecule has 2 fully saturated rings. The number of nitrogens with zero attached hydrogens (tertiary/aromatic N) is 3. The molecule has 0 spiro atoms. The van der Waals surface area contributed by atoms with Gasteiger partial charge in [0.05, 0.1) is 4.90 Å². The van der Waals surface area contributed by atoms with E-state index in [9.17, 15) is 8.42 Å². The minimum atomic E-state index is -3.65. The molecule has 0 radical (unpaired) electrons. The minimum absolute atomic E-state index is 0.0355. The summed E-state index contributed by atoms with van der Waals surface area (Å²) in [5.74, 6) is 3.58. The van der Waals surface area contributed by atoms with Crippen molar-refractivity contribution in [2.24, 2.45) is 11.8 Å². The number of likely N-dealkylation sites (tertiary alicyclic amines) is 1. The van der Waals surface area contributed by atoms with Crippen molar-refractivity contribution in [1.82, 2.24) is 15.1 Å². The molecule has 3 atom stereocenters. The van der Waals surface area contributed by atoms with Crippen LogP contribution in [0.15, 0.2) is 70.6 Å². The lowest BCUT2D eigenvalue weighted by Gasteiger charge is -2.20. The van der Waals surface area contributed by atoms with Crippen LogP contribution in [0.2, 0.25) is 0 Å². The van der Waals surface area contributed by atoms with E-state index in [1.807, 2.05) is 6.07 Å². The lowest BCUT2D eigenvalue weighted by Crippen LogP contribution is -2.25. The summed E-state index contributed by atoms with van der Waals surface area (Å²) in [5, 5.41) is 11.6. The van der Waals surface area contributed by atoms with Gasteiger partial charge in [-0.05, 0) is 66.6 Å². The van der Waals surface area contributed by atoms with Gasteiger partial charge in [-0.15, -0.1) is 10.2 Å². The average molecular weight is 479 g/mol. The number of sulfone groups is 1. The maximum Gasteiger partial charge on any atom is 0.231 e. The number of aromatic nitrogens is 2. The second kappa shape index (κ2) is 8.56. The number of anilines is 1. The molecule has 2 aromatic carbocycles. The van der Waals surface area contributed by atoms with Gasteiger partial charge in [0.15, 0.2) is 16.5 Å². The lowest BCUT2D eigenvalue weighted by atomic mass is 10.0. The van der Waals surface area contributed by atoms with E-state index < -0.39 is 9.84 Å². The maximum atomic E-state index is 12.7. The number of hydrogen-bond donors (Lipinski definition) is 1. The number of ether oxygens (including phenoxy) is 2. The van der Waals surface area contributed by atoms with Crippen LogP contribution in [0.5, 0.6) is 11.5 Å². The molecule has 2 unspecified atom stereocenters. The van der Waals surface area contributed by atoms with Gasteiger partial charge in [-0.3, -0.25) is 4.90 Å². The predicted molar refractivity (Wildman–Crippen MR) is 125 cm³/mol. The predicted octanol–water partition coefficient (Wildman–Crippen LogP) is 3.36. The van der Waals surface area contributed by atoms with Crippen LogP contribution in [-0.2, 0) is 16.4 Å². The first kappa shape index (κ1) is 21.4. The molecule has 0 amide bonds. The Labute approximate surface area is 198 Å². The zero-order chi connectivity index (χ0) is 23.1. The van der Waals surface area contributed by atoms with Gasteiger partial charge in [0.25, 0.3) is 0 Å². The summed E-state index contributed by atoms with van der Waals surface area (Å²) in [5.41, 5.74) is 1.25. The standard InChI is InChI=1S/C25H26N4O4S/c30-34(31,21-4-2-1-3-5-21)25-9-8-24(27-28-25)26-20-11-18-14-29(15-19(18)12-20)13-17-6-7-22-23(10-17)33-16-32-22/h1-10,18-20H,11-16H2,(H,26,27)/t18-,19?,20?/m1/s1. The second-order valence-corrected chi connectivity index (χ2v) is 11.2. The van der Waals surface area contributed by atoms with Crippen LogP contribution in [0.1, 0.15) is 18.4 Å². The molecule has 2 aliphatic heterocycles. The highest BCUT2D eigenvalue weighted by Crippen LogP contribution is 2.40. The van der Waals surface area contributed by atoms with E-state index in [1.165, 1.54) is 11.6 Å². The molecular formula is C25H26N4O4S. The highest BCUT2D eigenvalue weighted by atomic mass is 32.2. The number of fused-ring (bicyclic) bond motifs is 2. The highest BCUT2D eigenvalue weighted by molar-refractivity contribution is 7.91. The molecule has 34 heavy (non-hydrogen) atoms. The Kier molecular flexibility index (Phi) is 5.38. The van der Waals surface area contributed by atoms with Crippen molar-refractivity contribution in [3.05, 3.63) is 66.2 Å². The zero-order valence-corrected chi connectivity index (χ0v) is 19.4. The fourth-order valence-corrected chi connectivity index (χ4v) is 6.56. The van der Waals surface area contributed by atoms with Crippen molar-refractivity contribution in [1.29, 1.82) is 0 Å². The van der Waals surface area contributed by atoms with Gasteiger partial charge in [-0.25, -0.2) is 8.42 Å². The molecule has 3 heterocycles. The number of benzene rings is 2. The minimum Gasteiger partial charge on any atom is -0.454 e. The summed E-state index contributed by atoms with van der Waals surface area (Å²) in [6.45, 7) is 3.38. The van der Waals surface area contributed by atoms with Crippen LogP contribution in [0, 0.1) is 11.8 Å². The Morgan fingerprint density at radius 2 is 1.68 bits per heavy atom. The maximum absolute atomic E-state index is 12.7. The Morgan fingerprint density at radius 3 is 2.41 bits per heavy atom. The van der Waals surface area contributed by atoms with Crippen LogP contribution in [0.3, 0.4) is 0 Å². The molecule has 3 aliphatic rings. The third-order valence-electron chi connectivity index (χ3n) is 6.99. The molecule has 1 aliphatic carbocycles. The van der Waals surface area contributed by atoms with Crippen molar-refractivity contribution in [2.75, 3.05) is 25.2 Å². The van der Waals surface area contributed by atoms with Gasteiger partial charge >= 0.3 is 0 Å². The van der Waals surface area contributed by atoms with Gasteiger partial charge in [0.1, 0.15) is 5.82 Å². The van der Waals surface area contributed by atoms with E-state index in [0.29, 0.717) is 30.5 Å². The van der Waals surface area contributed by atoms with E-state index in [4.69, 9.17) is 9.47 Å². The molecule has 3 aromatic rings. The SMILES string of the molecule is O=S(=O)(c1ccccc1)c1ccc(NC2CC3CN(Cc4ccc5c(c4)OCO5)C[C@H]3C2)nn1. The zero-order valence-electron chi connectivity index (χ0n) is 18.6. The first-order chi connectivity index (χ1) is 16.5. The van der Waals surface area contributed by atoms with Gasteiger partial charge in [0.2, 0.25) is 16.6 Å². The van der Waals surface area contributed by atoms with Crippen molar-refractivity contribution in [3.63, 3.8) is 0 Å². The molecule has 9 heteroatoms. The summed E-state index contributed by atoms with van der Waals surface area (Å²) >= 11 is 0. The first-order valence-electron chi connectivity index (χ1n) is 11.6. The smallest absolute Gasteiger partial charge is 0.231 e. The third kappa shape index (κ3) is 4.10. The monoisotopic (exact) mass is 478 g/mol. The Balaban J connectivity index is 1.04. The quantitative estimate of drug-likeness (QED) is 0.577. The normalized spacial score (nSPS) is 23.7. The van der Waals surface area contributed by atoms with Gasteiger partial charge < -0.3 is 14.8 Å². The summed E-state index contributed by atoms with van der Waals surface area (Å²) in [7, 11) is -3.65. The molecule has 8 nitrogen and oxygen atoms in total. The van der Waals surface area contributed by atoms with Crippen molar-refractivity contribution < 1.29 is 17.9 Å². The lowest BCUT2D eigenvalue weighted by molar-refractivity contribution is 0.174. The van der Waals surface area contributed by atoms with Crippen LogP contribution in [0.4, 0.5) is 5.82 Å². The molecule has 1 saturated carbocycles. The van der Waals surface area contributed by atoms with E-state index >= 15 is 0 Å². The summed E-state index contributed by atoms with van der Waals surface area (Å²) < 4.78 is 36.3. The topological polar surface area (TPSA) is 93.7 Å². The summed E-state index contributed by atoms with van der Waals surface area (Å²) in [4.78, 5) is 2.74. The highest BCUT2D eigenvalue weighted by Gasteiger charge is 2.41. The number of rotatable bonds is 6. The van der Waals surface area contributed by atoms with E-state index in [1.54, 1.807) is 36.4 Å². The molecule has 1 N–H and O–H groups in total. The third-order valence-corrected chi connectivity index (χ3v) is 8.65. The molecule has 0 bridgehead atoms. The first-order valence-corrected chi connectivity index (χ1v) is 13.0. The van der Waals surface area contributed by atoms with Crippen molar-refractivity contribution >= 4 is 15.7 Å². The van der Waals surface area contributed by atoms with Crippen molar-refractivity contribution in [2.45, 2.75) is 35.3 Å². The van der Waals surface area contributed by atoms with Crippen LogP contribution in [0.25, 0.3) is 0 Å². The van der Waals surface area contributed by atoms with Gasteiger partial charge in [-0.1, -0.05) is 24.3 Å². The van der Waals surface area contributed by atoms with Gasteiger partial charge in [0, 0.05) is 25.7 Å². The summed E-state index contributed by atoms with van der Waals surface area (Å²) in [6, 6.07) is 18.1. The Morgan fingerprint density at radius 1 is 0.912 bits per heavy atom. The fourth-order valence-electron chi connectivity index (χ4n) is 5.41. The molecule has 6 rings (SSSR count). The van der Waals surface area contributed by atoms with E-state index in [0.717, 1.165) is 44.0 Å². The van der Waals surface area contributed by atoms with E-state index in [2.05, 4.69) is 32.5 Å². The largest absolute Gasteiger partial charge is 0.454 e. The average Bonchev–Trinajstić information content (AvgIpc) is 3.55. The number of nitrogens with one attached hydrogen (secondary N) is 1. The van der Waals surface area contributed by atoms with Crippen LogP contribution < -0.4 is 14.8 Å². The Bertz CT molecular complexity index is 1270. The van der Waals surface area contributed by atoms with Crippen LogP contribution in [-0.4, -0.2) is 49.4 Å².